The number of cyclic esters (lactones) is 1. The van der Waals surface area contributed by atoms with E-state index in [-0.39, 0.29) is 35.5 Å². The summed E-state index contributed by atoms with van der Waals surface area (Å²) in [6.07, 6.45) is 3.42. The minimum atomic E-state index is -0.957. The van der Waals surface area contributed by atoms with Gasteiger partial charge >= 0.3 is 13.1 Å². The van der Waals surface area contributed by atoms with Crippen molar-refractivity contribution in [2.45, 2.75) is 82.1 Å². The van der Waals surface area contributed by atoms with Crippen LogP contribution in [0.1, 0.15) is 69.8 Å². The number of fused-ring (bicyclic) bond motifs is 2. The van der Waals surface area contributed by atoms with E-state index in [2.05, 4.69) is 26.8 Å². The molecule has 0 radical (unpaired) electrons. The SMILES string of the molecule is CC1(C)OC(=O)c2cccc([C@@]3(C)C[C@H]3B3OC45CC6CC(C64C)[C@]5(C)O3)c2O1. The lowest BCUT2D eigenvalue weighted by Gasteiger charge is -2.87. The van der Waals surface area contributed by atoms with Crippen LogP contribution in [0.5, 0.6) is 5.75 Å². The van der Waals surface area contributed by atoms with E-state index in [0.29, 0.717) is 22.6 Å². The van der Waals surface area contributed by atoms with Crippen LogP contribution in [0.3, 0.4) is 0 Å². The summed E-state index contributed by atoms with van der Waals surface area (Å²) in [5.74, 6) is 1.14. The second kappa shape index (κ2) is 4.40. The zero-order valence-corrected chi connectivity index (χ0v) is 17.7. The van der Waals surface area contributed by atoms with Crippen molar-refractivity contribution in [3.63, 3.8) is 0 Å². The van der Waals surface area contributed by atoms with Crippen molar-refractivity contribution in [3.05, 3.63) is 29.3 Å². The molecule has 1 aromatic carbocycles. The van der Waals surface area contributed by atoms with E-state index < -0.39 is 5.79 Å². The van der Waals surface area contributed by atoms with E-state index in [1.807, 2.05) is 6.07 Å². The van der Waals surface area contributed by atoms with Gasteiger partial charge in [0.15, 0.2) is 0 Å². The summed E-state index contributed by atoms with van der Waals surface area (Å²) in [6.45, 7) is 10.5. The first-order valence-corrected chi connectivity index (χ1v) is 11.0. The van der Waals surface area contributed by atoms with E-state index >= 15 is 0 Å². The van der Waals surface area contributed by atoms with Gasteiger partial charge in [-0.3, -0.25) is 0 Å². The minimum absolute atomic E-state index is 0.0693. The highest BCUT2D eigenvalue weighted by Gasteiger charge is 2.94. The van der Waals surface area contributed by atoms with Crippen LogP contribution < -0.4 is 4.74 Å². The molecule has 1 spiro atoms. The van der Waals surface area contributed by atoms with Crippen molar-refractivity contribution in [1.29, 1.82) is 0 Å². The van der Waals surface area contributed by atoms with Crippen molar-refractivity contribution in [2.75, 3.05) is 0 Å². The Kier molecular flexibility index (Phi) is 2.61. The van der Waals surface area contributed by atoms with Crippen molar-refractivity contribution in [1.82, 2.24) is 0 Å². The highest BCUT2D eigenvalue weighted by Crippen LogP contribution is 2.88. The minimum Gasteiger partial charge on any atom is -0.452 e. The topological polar surface area (TPSA) is 54.0 Å². The van der Waals surface area contributed by atoms with Gasteiger partial charge in [0.25, 0.3) is 0 Å². The van der Waals surface area contributed by atoms with Crippen molar-refractivity contribution in [3.8, 4) is 5.75 Å². The molecule has 29 heavy (non-hydrogen) atoms. The Morgan fingerprint density at radius 1 is 1.03 bits per heavy atom. The first kappa shape index (κ1) is 17.2. The normalized spacial score (nSPS) is 52.0. The molecule has 7 atom stereocenters. The molecule has 6 heteroatoms. The number of carbonyl (C=O) groups excluding carboxylic acids is 1. The summed E-state index contributed by atoms with van der Waals surface area (Å²) >= 11 is 0. The van der Waals surface area contributed by atoms with Gasteiger partial charge in [-0.25, -0.2) is 4.79 Å². The Morgan fingerprint density at radius 3 is 2.52 bits per heavy atom. The summed E-state index contributed by atoms with van der Waals surface area (Å²) in [4.78, 5) is 12.5. The van der Waals surface area contributed by atoms with Crippen molar-refractivity contribution >= 4 is 13.1 Å². The number of ether oxygens (including phenoxy) is 2. The second-order valence-electron chi connectivity index (χ2n) is 11.3. The van der Waals surface area contributed by atoms with Crippen molar-refractivity contribution < 1.29 is 23.6 Å². The molecule has 7 rings (SSSR count). The summed E-state index contributed by atoms with van der Waals surface area (Å²) < 4.78 is 25.0. The van der Waals surface area contributed by atoms with Gasteiger partial charge < -0.3 is 18.8 Å². The highest BCUT2D eigenvalue weighted by molar-refractivity contribution is 6.49. The monoisotopic (exact) mass is 394 g/mol. The molecule has 6 aliphatic rings. The molecule has 0 aromatic heterocycles. The summed E-state index contributed by atoms with van der Waals surface area (Å²) in [6, 6.07) is 5.80. The number of hydrogen-bond acceptors (Lipinski definition) is 5. The first-order valence-electron chi connectivity index (χ1n) is 11.0. The Morgan fingerprint density at radius 2 is 1.83 bits per heavy atom. The standard InChI is InChI=1S/C23H27BO5/c1-19(2)26-17-13(18(25)27-19)7-6-8-14(17)20(3)11-16(20)24-28-22(5)15-9-12-10-23(22,29-24)21(12,15)4/h6-8,12,15-16H,9-11H2,1-5H3/t12?,15?,16-,20-,21?,22+,23?/m1/s1. The Bertz CT molecular complexity index is 1010. The largest absolute Gasteiger partial charge is 0.462 e. The lowest BCUT2D eigenvalue weighted by molar-refractivity contribution is -0.429. The molecule has 4 saturated carbocycles. The van der Waals surface area contributed by atoms with Gasteiger partial charge in [-0.15, -0.1) is 0 Å². The molecule has 4 aliphatic carbocycles. The summed E-state index contributed by atoms with van der Waals surface area (Å²) in [5.41, 5.74) is 1.61. The first-order chi connectivity index (χ1) is 13.6. The molecule has 0 amide bonds. The van der Waals surface area contributed by atoms with Gasteiger partial charge in [-0.05, 0) is 49.5 Å². The number of hydrogen-bond donors (Lipinski definition) is 0. The van der Waals surface area contributed by atoms with Gasteiger partial charge in [0.05, 0.1) is 11.2 Å². The maximum atomic E-state index is 12.5. The molecule has 0 bridgehead atoms. The van der Waals surface area contributed by atoms with E-state index in [1.54, 1.807) is 19.9 Å². The molecule has 1 aromatic rings. The van der Waals surface area contributed by atoms with Gasteiger partial charge in [-0.2, -0.15) is 0 Å². The van der Waals surface area contributed by atoms with Gasteiger partial charge in [0.1, 0.15) is 11.3 Å². The average molecular weight is 394 g/mol. The van der Waals surface area contributed by atoms with Crippen molar-refractivity contribution in [2.24, 2.45) is 17.3 Å². The number of para-hydroxylation sites is 1. The predicted molar refractivity (Wildman–Crippen MR) is 106 cm³/mol. The second-order valence-corrected chi connectivity index (χ2v) is 11.3. The zero-order chi connectivity index (χ0) is 20.2. The molecule has 1 saturated heterocycles. The maximum absolute atomic E-state index is 12.5. The van der Waals surface area contributed by atoms with Crippen LogP contribution in [0.15, 0.2) is 18.2 Å². The Balaban J connectivity index is 1.22. The molecule has 0 N–H and O–H groups in total. The molecule has 5 nitrogen and oxygen atoms in total. The number of carbonyl (C=O) groups is 1. The molecular formula is C23H27BO5. The summed E-state index contributed by atoms with van der Waals surface area (Å²) in [5, 5.41) is 0. The predicted octanol–water partition coefficient (Wildman–Crippen LogP) is 4.10. The molecule has 152 valence electrons. The van der Waals surface area contributed by atoms with Gasteiger partial charge in [0.2, 0.25) is 5.79 Å². The number of esters is 1. The quantitative estimate of drug-likeness (QED) is 0.559. The molecule has 2 aliphatic heterocycles. The van der Waals surface area contributed by atoms with E-state index in [4.69, 9.17) is 18.8 Å². The van der Waals surface area contributed by atoms with Crippen LogP contribution in [-0.2, 0) is 19.5 Å². The molecule has 2 heterocycles. The van der Waals surface area contributed by atoms with Gasteiger partial charge in [0, 0.05) is 30.6 Å². The molecule has 5 fully saturated rings. The Labute approximate surface area is 171 Å². The van der Waals surface area contributed by atoms with Gasteiger partial charge in [-0.1, -0.05) is 26.0 Å². The lowest BCUT2D eigenvalue weighted by atomic mass is 9.21. The lowest BCUT2D eigenvalue weighted by Crippen LogP contribution is -2.92. The fourth-order valence-corrected chi connectivity index (χ4v) is 7.98. The fraction of sp³-hybridized carbons (Fsp3) is 0.696. The number of benzene rings is 1. The van der Waals surface area contributed by atoms with E-state index in [1.165, 1.54) is 6.42 Å². The molecule has 4 unspecified atom stereocenters. The third kappa shape index (κ3) is 1.57. The van der Waals surface area contributed by atoms with Crippen LogP contribution in [0, 0.1) is 17.3 Å². The third-order valence-corrected chi connectivity index (χ3v) is 9.81. The Hall–Kier alpha value is -1.53. The average Bonchev–Trinajstić information content (AvgIpc) is 3.23. The fourth-order valence-electron chi connectivity index (χ4n) is 7.98. The van der Waals surface area contributed by atoms with Crippen LogP contribution in [-0.4, -0.2) is 30.1 Å². The zero-order valence-electron chi connectivity index (χ0n) is 17.7. The van der Waals surface area contributed by atoms with E-state index in [9.17, 15) is 4.79 Å². The number of rotatable bonds is 2. The molecular weight excluding hydrogens is 367 g/mol. The third-order valence-electron chi connectivity index (χ3n) is 9.81. The van der Waals surface area contributed by atoms with Crippen LogP contribution >= 0.6 is 0 Å². The van der Waals surface area contributed by atoms with Crippen LogP contribution in [0.2, 0.25) is 5.82 Å². The maximum Gasteiger partial charge on any atom is 0.462 e. The van der Waals surface area contributed by atoms with E-state index in [0.717, 1.165) is 24.3 Å². The van der Waals surface area contributed by atoms with Crippen LogP contribution in [0.4, 0.5) is 0 Å². The highest BCUT2D eigenvalue weighted by atomic mass is 16.7. The smallest absolute Gasteiger partial charge is 0.452 e. The summed E-state index contributed by atoms with van der Waals surface area (Å²) in [7, 11) is -0.173. The van der Waals surface area contributed by atoms with Crippen LogP contribution in [0.25, 0.3) is 0 Å².